The number of hydrogen-bond donors (Lipinski definition) is 1. The molecule has 34 heavy (non-hydrogen) atoms. The second-order valence-electron chi connectivity index (χ2n) is 9.03. The molecular formula is C25H30N2O6S. The van der Waals surface area contributed by atoms with Gasteiger partial charge in [-0.3, -0.25) is 4.79 Å². The zero-order valence-corrected chi connectivity index (χ0v) is 20.1. The fourth-order valence-electron chi connectivity index (χ4n) is 5.14. The van der Waals surface area contributed by atoms with Gasteiger partial charge in [-0.15, -0.1) is 0 Å². The highest BCUT2D eigenvalue weighted by molar-refractivity contribution is 7.89. The quantitative estimate of drug-likeness (QED) is 0.670. The van der Waals surface area contributed by atoms with Crippen molar-refractivity contribution >= 4 is 15.9 Å². The highest BCUT2D eigenvalue weighted by Gasteiger charge is 2.33. The van der Waals surface area contributed by atoms with E-state index in [9.17, 15) is 13.2 Å². The number of fused-ring (bicyclic) bond motifs is 1. The largest absolute Gasteiger partial charge is 0.495 e. The van der Waals surface area contributed by atoms with Gasteiger partial charge in [-0.1, -0.05) is 18.9 Å². The molecule has 1 atom stereocenters. The van der Waals surface area contributed by atoms with Gasteiger partial charge in [0.25, 0.3) is 5.91 Å². The van der Waals surface area contributed by atoms with Crippen molar-refractivity contribution in [1.82, 2.24) is 9.62 Å². The molecule has 3 aliphatic rings. The Morgan fingerprint density at radius 3 is 2.53 bits per heavy atom. The SMILES string of the molecule is COc1ccc(C(=O)N2CCC[C@H]2c2ccc3c(c2)OCCO3)cc1S(=O)(=O)NC1CCCC1. The van der Waals surface area contributed by atoms with Gasteiger partial charge in [0.1, 0.15) is 23.9 Å². The van der Waals surface area contributed by atoms with Crippen LogP contribution in [-0.4, -0.2) is 52.1 Å². The molecule has 0 aromatic heterocycles. The molecular weight excluding hydrogens is 456 g/mol. The van der Waals surface area contributed by atoms with Crippen LogP contribution in [0.15, 0.2) is 41.3 Å². The Morgan fingerprint density at radius 2 is 1.76 bits per heavy atom. The minimum absolute atomic E-state index is 0.00262. The first-order valence-corrected chi connectivity index (χ1v) is 13.4. The number of likely N-dealkylation sites (tertiary alicyclic amines) is 1. The van der Waals surface area contributed by atoms with E-state index in [1.807, 2.05) is 23.1 Å². The molecule has 2 aliphatic heterocycles. The summed E-state index contributed by atoms with van der Waals surface area (Å²) in [6, 6.07) is 10.3. The van der Waals surface area contributed by atoms with E-state index in [1.54, 1.807) is 12.1 Å². The van der Waals surface area contributed by atoms with Crippen molar-refractivity contribution < 1.29 is 27.4 Å². The maximum absolute atomic E-state index is 13.6. The monoisotopic (exact) mass is 486 g/mol. The number of nitrogens with one attached hydrogen (secondary N) is 1. The number of amides is 1. The summed E-state index contributed by atoms with van der Waals surface area (Å²) in [6.45, 7) is 1.63. The third kappa shape index (κ3) is 4.46. The van der Waals surface area contributed by atoms with Gasteiger partial charge in [0, 0.05) is 18.2 Å². The van der Waals surface area contributed by atoms with Gasteiger partial charge in [-0.05, 0) is 61.6 Å². The van der Waals surface area contributed by atoms with Crippen molar-refractivity contribution in [1.29, 1.82) is 0 Å². The summed E-state index contributed by atoms with van der Waals surface area (Å²) in [5.74, 6) is 1.44. The molecule has 8 nitrogen and oxygen atoms in total. The topological polar surface area (TPSA) is 94.2 Å². The second-order valence-corrected chi connectivity index (χ2v) is 10.7. The summed E-state index contributed by atoms with van der Waals surface area (Å²) in [5, 5.41) is 0. The number of carbonyl (C=O) groups is 1. The van der Waals surface area contributed by atoms with E-state index in [-0.39, 0.29) is 28.6 Å². The fraction of sp³-hybridized carbons (Fsp3) is 0.480. The Hall–Kier alpha value is -2.78. The fourth-order valence-corrected chi connectivity index (χ4v) is 6.64. The van der Waals surface area contributed by atoms with Crippen LogP contribution < -0.4 is 18.9 Å². The van der Waals surface area contributed by atoms with E-state index in [0.29, 0.717) is 36.8 Å². The van der Waals surface area contributed by atoms with Crippen LogP contribution in [0.3, 0.4) is 0 Å². The highest BCUT2D eigenvalue weighted by atomic mass is 32.2. The molecule has 1 saturated carbocycles. The van der Waals surface area contributed by atoms with E-state index in [0.717, 1.165) is 44.1 Å². The molecule has 9 heteroatoms. The van der Waals surface area contributed by atoms with Crippen molar-refractivity contribution in [3.05, 3.63) is 47.5 Å². The molecule has 182 valence electrons. The van der Waals surface area contributed by atoms with Crippen LogP contribution >= 0.6 is 0 Å². The smallest absolute Gasteiger partial charge is 0.254 e. The predicted molar refractivity (Wildman–Crippen MR) is 126 cm³/mol. The Morgan fingerprint density at radius 1 is 1.00 bits per heavy atom. The lowest BCUT2D eigenvalue weighted by atomic mass is 10.0. The Bertz CT molecular complexity index is 1180. The van der Waals surface area contributed by atoms with Crippen LogP contribution in [0.4, 0.5) is 0 Å². The number of benzene rings is 2. The first kappa shape index (κ1) is 23.0. The molecule has 1 aliphatic carbocycles. The first-order chi connectivity index (χ1) is 16.5. The Balaban J connectivity index is 1.42. The molecule has 2 aromatic rings. The van der Waals surface area contributed by atoms with E-state index in [1.165, 1.54) is 13.2 Å². The zero-order valence-electron chi connectivity index (χ0n) is 19.3. The van der Waals surface area contributed by atoms with E-state index in [4.69, 9.17) is 14.2 Å². The van der Waals surface area contributed by atoms with Crippen LogP contribution in [0, 0.1) is 0 Å². The number of rotatable bonds is 6. The van der Waals surface area contributed by atoms with Crippen LogP contribution in [0.2, 0.25) is 0 Å². The van der Waals surface area contributed by atoms with Gasteiger partial charge in [0.05, 0.1) is 13.2 Å². The third-order valence-electron chi connectivity index (χ3n) is 6.84. The zero-order chi connectivity index (χ0) is 23.7. The van der Waals surface area contributed by atoms with Crippen LogP contribution in [0.5, 0.6) is 17.2 Å². The molecule has 1 amide bonds. The average Bonchev–Trinajstić information content (AvgIpc) is 3.55. The maximum atomic E-state index is 13.6. The summed E-state index contributed by atoms with van der Waals surface area (Å²) in [6.07, 6.45) is 5.37. The lowest BCUT2D eigenvalue weighted by molar-refractivity contribution is 0.0735. The van der Waals surface area contributed by atoms with E-state index in [2.05, 4.69) is 4.72 Å². The van der Waals surface area contributed by atoms with Gasteiger partial charge < -0.3 is 19.1 Å². The lowest BCUT2D eigenvalue weighted by Crippen LogP contribution is -2.33. The number of hydrogen-bond acceptors (Lipinski definition) is 6. The van der Waals surface area contributed by atoms with Gasteiger partial charge in [-0.25, -0.2) is 13.1 Å². The van der Waals surface area contributed by atoms with Crippen molar-refractivity contribution in [2.45, 2.75) is 55.5 Å². The number of sulfonamides is 1. The molecule has 2 fully saturated rings. The van der Waals surface area contributed by atoms with Gasteiger partial charge in [0.15, 0.2) is 11.5 Å². The number of ether oxygens (including phenoxy) is 3. The molecule has 0 bridgehead atoms. The first-order valence-electron chi connectivity index (χ1n) is 11.9. The van der Waals surface area contributed by atoms with E-state index < -0.39 is 10.0 Å². The minimum Gasteiger partial charge on any atom is -0.495 e. The normalized spacial score (nSPS) is 20.5. The molecule has 2 heterocycles. The van der Waals surface area contributed by atoms with Gasteiger partial charge in [0.2, 0.25) is 10.0 Å². The molecule has 1 saturated heterocycles. The van der Waals surface area contributed by atoms with Gasteiger partial charge in [-0.2, -0.15) is 0 Å². The maximum Gasteiger partial charge on any atom is 0.254 e. The molecule has 2 aromatic carbocycles. The lowest BCUT2D eigenvalue weighted by Gasteiger charge is -2.27. The summed E-state index contributed by atoms with van der Waals surface area (Å²) in [4.78, 5) is 15.4. The average molecular weight is 487 g/mol. The highest BCUT2D eigenvalue weighted by Crippen LogP contribution is 2.39. The number of nitrogens with zero attached hydrogens (tertiary/aromatic N) is 1. The van der Waals surface area contributed by atoms with Crippen molar-refractivity contribution in [2.75, 3.05) is 26.9 Å². The summed E-state index contributed by atoms with van der Waals surface area (Å²) < 4.78 is 45.7. The predicted octanol–water partition coefficient (Wildman–Crippen LogP) is 3.66. The molecule has 1 N–H and O–H groups in total. The molecule has 0 spiro atoms. The van der Waals surface area contributed by atoms with Crippen molar-refractivity contribution in [2.24, 2.45) is 0 Å². The Labute approximate surface area is 200 Å². The minimum atomic E-state index is -3.82. The molecule has 0 radical (unpaired) electrons. The summed E-state index contributed by atoms with van der Waals surface area (Å²) >= 11 is 0. The molecule has 5 rings (SSSR count). The Kier molecular flexibility index (Phi) is 6.40. The van der Waals surface area contributed by atoms with E-state index >= 15 is 0 Å². The number of methoxy groups -OCH3 is 1. The van der Waals surface area contributed by atoms with Crippen molar-refractivity contribution in [3.63, 3.8) is 0 Å². The standard InChI is InChI=1S/C25H30N2O6S/c1-31-22-11-9-18(16-24(22)34(29,30)26-19-5-2-3-6-19)25(28)27-12-4-7-20(27)17-8-10-21-23(15-17)33-14-13-32-21/h8-11,15-16,19-20,26H,2-7,12-14H2,1H3/t20-/m0/s1. The summed E-state index contributed by atoms with van der Waals surface area (Å²) in [7, 11) is -2.38. The second kappa shape index (κ2) is 9.46. The van der Waals surface area contributed by atoms with Crippen molar-refractivity contribution in [3.8, 4) is 17.2 Å². The molecule has 0 unspecified atom stereocenters. The van der Waals surface area contributed by atoms with Gasteiger partial charge >= 0.3 is 0 Å². The van der Waals surface area contributed by atoms with Crippen LogP contribution in [0.25, 0.3) is 0 Å². The summed E-state index contributed by atoms with van der Waals surface area (Å²) in [5.41, 5.74) is 1.32. The van der Waals surface area contributed by atoms with Crippen LogP contribution in [-0.2, 0) is 10.0 Å². The van der Waals surface area contributed by atoms with Crippen LogP contribution in [0.1, 0.15) is 60.5 Å². The number of carbonyl (C=O) groups excluding carboxylic acids is 1. The third-order valence-corrected chi connectivity index (χ3v) is 8.38.